The van der Waals surface area contributed by atoms with Crippen molar-refractivity contribution in [2.45, 2.75) is 34.6 Å². The van der Waals surface area contributed by atoms with Crippen molar-refractivity contribution in [3.05, 3.63) is 75.2 Å². The highest BCUT2D eigenvalue weighted by molar-refractivity contribution is 7.19. The first-order valence-electron chi connectivity index (χ1n) is 12.2. The highest BCUT2D eigenvalue weighted by atomic mass is 32.1. The second-order valence-corrected chi connectivity index (χ2v) is 9.44. The van der Waals surface area contributed by atoms with Crippen molar-refractivity contribution in [1.82, 2.24) is 0 Å². The molecule has 200 valence electrons. The number of carbonyl (C=O) groups is 3. The number of methoxy groups -OCH3 is 1. The summed E-state index contributed by atoms with van der Waals surface area (Å²) in [5.41, 5.74) is 3.99. The molecule has 2 N–H and O–H groups in total. The highest BCUT2D eigenvalue weighted by Crippen LogP contribution is 2.35. The van der Waals surface area contributed by atoms with Gasteiger partial charge in [-0.05, 0) is 75.6 Å². The molecule has 0 fully saturated rings. The molecule has 2 amide bonds. The molecule has 0 radical (unpaired) electrons. The Hall–Kier alpha value is -4.11. The second-order valence-electron chi connectivity index (χ2n) is 8.42. The predicted octanol–water partition coefficient (Wildman–Crippen LogP) is 6.16. The lowest BCUT2D eigenvalue weighted by atomic mass is 10.1. The van der Waals surface area contributed by atoms with E-state index in [1.807, 2.05) is 39.0 Å². The Balaban J connectivity index is 1.86. The molecule has 38 heavy (non-hydrogen) atoms. The zero-order valence-electron chi connectivity index (χ0n) is 22.4. The summed E-state index contributed by atoms with van der Waals surface area (Å²) in [7, 11) is 1.54. The molecule has 8 nitrogen and oxygen atoms in total. The summed E-state index contributed by atoms with van der Waals surface area (Å²) in [5, 5.41) is 5.88. The van der Waals surface area contributed by atoms with E-state index in [0.29, 0.717) is 34.2 Å². The molecule has 0 saturated heterocycles. The molecule has 0 atom stereocenters. The van der Waals surface area contributed by atoms with E-state index in [1.54, 1.807) is 45.2 Å². The Bertz CT molecular complexity index is 1380. The molecule has 0 bridgehead atoms. The van der Waals surface area contributed by atoms with Gasteiger partial charge in [0, 0.05) is 11.8 Å². The van der Waals surface area contributed by atoms with Gasteiger partial charge in [0.05, 0.1) is 30.8 Å². The van der Waals surface area contributed by atoms with Crippen molar-refractivity contribution in [1.29, 1.82) is 0 Å². The third-order valence-electron chi connectivity index (χ3n) is 5.61. The number of ether oxygens (including phenoxy) is 3. The summed E-state index contributed by atoms with van der Waals surface area (Å²) in [6, 6.07) is 11.0. The van der Waals surface area contributed by atoms with Crippen LogP contribution >= 0.6 is 11.3 Å². The SMILES string of the molecule is CCOC(=O)c1c(NC(=O)/C=C/c2ccc(OCC)c(OC)c2)sc(C(=O)Nc2ccc(C)cc2C)c1C. The lowest BCUT2D eigenvalue weighted by Gasteiger charge is -2.09. The van der Waals surface area contributed by atoms with Gasteiger partial charge in [0.25, 0.3) is 5.91 Å². The van der Waals surface area contributed by atoms with Crippen LogP contribution in [0.5, 0.6) is 11.5 Å². The van der Waals surface area contributed by atoms with Crippen molar-refractivity contribution in [2.75, 3.05) is 31.0 Å². The van der Waals surface area contributed by atoms with Crippen LogP contribution in [0.4, 0.5) is 10.7 Å². The summed E-state index contributed by atoms with van der Waals surface area (Å²) in [6.07, 6.45) is 2.96. The number of rotatable bonds is 10. The molecule has 2 aromatic carbocycles. The summed E-state index contributed by atoms with van der Waals surface area (Å²) in [5.74, 6) is -0.292. The number of hydrogen-bond acceptors (Lipinski definition) is 7. The average Bonchev–Trinajstić information content (AvgIpc) is 3.20. The van der Waals surface area contributed by atoms with Gasteiger partial charge in [-0.3, -0.25) is 9.59 Å². The zero-order valence-corrected chi connectivity index (χ0v) is 23.2. The van der Waals surface area contributed by atoms with Crippen LogP contribution in [0, 0.1) is 20.8 Å². The molecule has 1 aromatic heterocycles. The van der Waals surface area contributed by atoms with E-state index in [-0.39, 0.29) is 23.1 Å². The van der Waals surface area contributed by atoms with Crippen molar-refractivity contribution < 1.29 is 28.6 Å². The fourth-order valence-corrected chi connectivity index (χ4v) is 4.88. The Morgan fingerprint density at radius 3 is 2.37 bits per heavy atom. The maximum absolute atomic E-state index is 13.1. The van der Waals surface area contributed by atoms with Gasteiger partial charge >= 0.3 is 5.97 Å². The lowest BCUT2D eigenvalue weighted by Crippen LogP contribution is -2.14. The third kappa shape index (κ3) is 6.80. The first kappa shape index (κ1) is 28.5. The molecule has 1 heterocycles. The third-order valence-corrected chi connectivity index (χ3v) is 6.82. The van der Waals surface area contributed by atoms with Crippen molar-refractivity contribution >= 4 is 45.9 Å². The van der Waals surface area contributed by atoms with Gasteiger partial charge in [-0.15, -0.1) is 11.3 Å². The van der Waals surface area contributed by atoms with Gasteiger partial charge in [0.1, 0.15) is 5.00 Å². The van der Waals surface area contributed by atoms with Gasteiger partial charge in [-0.25, -0.2) is 4.79 Å². The molecule has 0 aliphatic carbocycles. The summed E-state index contributed by atoms with van der Waals surface area (Å²) < 4.78 is 16.1. The molecule has 9 heteroatoms. The van der Waals surface area contributed by atoms with E-state index < -0.39 is 11.9 Å². The van der Waals surface area contributed by atoms with Gasteiger partial charge in [-0.1, -0.05) is 23.8 Å². The summed E-state index contributed by atoms with van der Waals surface area (Å²) >= 11 is 1.02. The minimum absolute atomic E-state index is 0.158. The van der Waals surface area contributed by atoms with Crippen molar-refractivity contribution in [3.63, 3.8) is 0 Å². The number of nitrogens with one attached hydrogen (secondary N) is 2. The van der Waals surface area contributed by atoms with Crippen LogP contribution in [0.15, 0.2) is 42.5 Å². The van der Waals surface area contributed by atoms with Gasteiger partial charge in [0.15, 0.2) is 11.5 Å². The van der Waals surface area contributed by atoms with E-state index in [2.05, 4.69) is 10.6 Å². The standard InChI is InChI=1S/C29H32N2O6S/c1-7-36-22-13-10-20(16-23(22)35-6)11-14-24(32)31-28-25(29(34)37-8-2)19(5)26(38-28)27(33)30-21-12-9-17(3)15-18(21)4/h9-16H,7-8H2,1-6H3,(H,30,33)(H,31,32)/b14-11+. The van der Waals surface area contributed by atoms with Crippen LogP contribution in [0.3, 0.4) is 0 Å². The number of carbonyl (C=O) groups excluding carboxylic acids is 3. The van der Waals surface area contributed by atoms with E-state index in [9.17, 15) is 14.4 Å². The number of aryl methyl sites for hydroxylation is 2. The molecule has 3 aromatic rings. The number of benzene rings is 2. The van der Waals surface area contributed by atoms with Crippen LogP contribution in [0.2, 0.25) is 0 Å². The van der Waals surface area contributed by atoms with Crippen LogP contribution < -0.4 is 20.1 Å². The lowest BCUT2D eigenvalue weighted by molar-refractivity contribution is -0.111. The second kappa shape index (κ2) is 12.9. The zero-order chi connectivity index (χ0) is 27.8. The number of hydrogen-bond donors (Lipinski definition) is 2. The monoisotopic (exact) mass is 536 g/mol. The first-order chi connectivity index (χ1) is 18.2. The first-order valence-corrected chi connectivity index (χ1v) is 13.0. The minimum atomic E-state index is -0.609. The normalized spacial score (nSPS) is 10.8. The smallest absolute Gasteiger partial charge is 0.341 e. The Morgan fingerprint density at radius 1 is 0.947 bits per heavy atom. The average molecular weight is 537 g/mol. The molecule has 0 saturated carbocycles. The summed E-state index contributed by atoms with van der Waals surface area (Å²) in [4.78, 5) is 39.0. The summed E-state index contributed by atoms with van der Waals surface area (Å²) in [6.45, 7) is 9.78. The predicted molar refractivity (Wildman–Crippen MR) is 151 cm³/mol. The van der Waals surface area contributed by atoms with Crippen LogP contribution in [-0.2, 0) is 9.53 Å². The van der Waals surface area contributed by atoms with E-state index in [1.165, 1.54) is 6.08 Å². The minimum Gasteiger partial charge on any atom is -0.493 e. The van der Waals surface area contributed by atoms with Crippen molar-refractivity contribution in [3.8, 4) is 11.5 Å². The Morgan fingerprint density at radius 2 is 1.71 bits per heavy atom. The molecule has 0 unspecified atom stereocenters. The van der Waals surface area contributed by atoms with Crippen LogP contribution in [0.25, 0.3) is 6.08 Å². The molecular formula is C29H32N2O6S. The Labute approximate surface area is 226 Å². The number of amides is 2. The maximum Gasteiger partial charge on any atom is 0.341 e. The maximum atomic E-state index is 13.1. The fourth-order valence-electron chi connectivity index (χ4n) is 3.79. The number of anilines is 2. The molecular weight excluding hydrogens is 504 g/mol. The topological polar surface area (TPSA) is 103 Å². The quantitative estimate of drug-likeness (QED) is 0.238. The highest BCUT2D eigenvalue weighted by Gasteiger charge is 2.26. The van der Waals surface area contributed by atoms with E-state index in [4.69, 9.17) is 14.2 Å². The van der Waals surface area contributed by atoms with Gasteiger partial charge in [0.2, 0.25) is 5.91 Å². The molecule has 0 spiro atoms. The fraction of sp³-hybridized carbons (Fsp3) is 0.276. The van der Waals surface area contributed by atoms with Gasteiger partial charge < -0.3 is 24.8 Å². The number of thiophene rings is 1. The van der Waals surface area contributed by atoms with Crippen molar-refractivity contribution in [2.24, 2.45) is 0 Å². The largest absolute Gasteiger partial charge is 0.493 e. The van der Waals surface area contributed by atoms with Crippen LogP contribution in [0.1, 0.15) is 56.1 Å². The number of esters is 1. The van der Waals surface area contributed by atoms with E-state index in [0.717, 1.165) is 28.0 Å². The van der Waals surface area contributed by atoms with Crippen LogP contribution in [-0.4, -0.2) is 38.1 Å². The van der Waals surface area contributed by atoms with Gasteiger partial charge in [-0.2, -0.15) is 0 Å². The van der Waals surface area contributed by atoms with E-state index >= 15 is 0 Å². The molecule has 3 rings (SSSR count). The molecule has 0 aliphatic heterocycles. The molecule has 0 aliphatic rings. The Kier molecular flexibility index (Phi) is 9.67.